The maximum Gasteiger partial charge on any atom is 0.341 e. The largest absolute Gasteiger partial charge is 0.492 e. The number of nitriles is 1. The Morgan fingerprint density at radius 1 is 1.40 bits per heavy atom. The van der Waals surface area contributed by atoms with Gasteiger partial charge in [-0.2, -0.15) is 10.4 Å². The summed E-state index contributed by atoms with van der Waals surface area (Å²) in [6.45, 7) is 6.97. The predicted octanol–water partition coefficient (Wildman–Crippen LogP) is 3.74. The van der Waals surface area contributed by atoms with E-state index in [1.165, 1.54) is 10.9 Å². The molecule has 0 aliphatic heterocycles. The Hall–Kier alpha value is -2.81. The van der Waals surface area contributed by atoms with Crippen LogP contribution >= 0.6 is 0 Å². The van der Waals surface area contributed by atoms with Crippen LogP contribution in [-0.2, 0) is 4.74 Å². The minimum absolute atomic E-state index is 0.311. The van der Waals surface area contributed by atoms with E-state index in [1.807, 2.05) is 0 Å². The second-order valence-corrected chi connectivity index (χ2v) is 5.84. The molecule has 0 N–H and O–H groups in total. The van der Waals surface area contributed by atoms with E-state index in [9.17, 15) is 10.1 Å². The molecular formula is C19H23N3O3. The zero-order chi connectivity index (χ0) is 18.2. The van der Waals surface area contributed by atoms with Crippen LogP contribution in [0.4, 0.5) is 0 Å². The molecule has 0 fully saturated rings. The van der Waals surface area contributed by atoms with Gasteiger partial charge in [-0.15, -0.1) is 0 Å². The number of hydrogen-bond acceptors (Lipinski definition) is 5. The third-order valence-corrected chi connectivity index (χ3v) is 4.01. The van der Waals surface area contributed by atoms with E-state index in [4.69, 9.17) is 9.47 Å². The van der Waals surface area contributed by atoms with E-state index >= 15 is 0 Å². The normalized spacial score (nSPS) is 11.6. The summed E-state index contributed by atoms with van der Waals surface area (Å²) >= 11 is 0. The van der Waals surface area contributed by atoms with E-state index < -0.39 is 5.97 Å². The lowest BCUT2D eigenvalue weighted by atomic mass is 10.1. The fraction of sp³-hybridized carbons (Fsp3) is 0.421. The summed E-state index contributed by atoms with van der Waals surface area (Å²) in [7, 11) is 0. The fourth-order valence-electron chi connectivity index (χ4n) is 2.23. The lowest BCUT2D eigenvalue weighted by molar-refractivity contribution is 0.0526. The molecule has 0 radical (unpaired) electrons. The van der Waals surface area contributed by atoms with Crippen LogP contribution in [0.1, 0.15) is 49.5 Å². The Morgan fingerprint density at radius 2 is 2.20 bits per heavy atom. The molecule has 2 rings (SSSR count). The molecule has 1 aromatic carbocycles. The number of esters is 1. The Bertz CT molecular complexity index is 762. The molecule has 1 aromatic heterocycles. The van der Waals surface area contributed by atoms with Crippen LogP contribution in [-0.4, -0.2) is 29.0 Å². The van der Waals surface area contributed by atoms with Gasteiger partial charge in [0.15, 0.2) is 0 Å². The first-order chi connectivity index (χ1) is 12.1. The summed E-state index contributed by atoms with van der Waals surface area (Å²) in [6.07, 6.45) is 5.08. The maximum atomic E-state index is 11.7. The summed E-state index contributed by atoms with van der Waals surface area (Å²) in [5, 5.41) is 13.5. The number of ether oxygens (including phenoxy) is 2. The van der Waals surface area contributed by atoms with Crippen LogP contribution in [0.25, 0.3) is 5.69 Å². The molecule has 0 bridgehead atoms. The molecule has 0 aliphatic carbocycles. The van der Waals surface area contributed by atoms with E-state index in [0.29, 0.717) is 41.7 Å². The van der Waals surface area contributed by atoms with Gasteiger partial charge in [-0.3, -0.25) is 0 Å². The van der Waals surface area contributed by atoms with Crippen LogP contribution < -0.4 is 4.74 Å². The van der Waals surface area contributed by atoms with Gasteiger partial charge in [0, 0.05) is 6.20 Å². The Labute approximate surface area is 148 Å². The van der Waals surface area contributed by atoms with Crippen LogP contribution in [0.5, 0.6) is 5.75 Å². The van der Waals surface area contributed by atoms with Crippen molar-refractivity contribution in [3.05, 3.63) is 41.7 Å². The number of nitrogens with zero attached hydrogens (tertiary/aromatic N) is 3. The Kier molecular flexibility index (Phi) is 6.58. The highest BCUT2D eigenvalue weighted by Crippen LogP contribution is 2.22. The van der Waals surface area contributed by atoms with Crippen LogP contribution in [0, 0.1) is 17.2 Å². The second kappa shape index (κ2) is 8.88. The SMILES string of the molecule is CCOC(=O)c1cnn(-c2ccc(OCC[C@@H](C)CC)c(C#N)c2)c1. The number of carbonyl (C=O) groups excluding carboxylic acids is 1. The first kappa shape index (κ1) is 18.5. The quantitative estimate of drug-likeness (QED) is 0.684. The zero-order valence-corrected chi connectivity index (χ0v) is 14.9. The van der Waals surface area contributed by atoms with Crippen molar-refractivity contribution in [2.24, 2.45) is 5.92 Å². The van der Waals surface area contributed by atoms with Gasteiger partial charge in [0.25, 0.3) is 0 Å². The van der Waals surface area contributed by atoms with Crippen molar-refractivity contribution in [1.29, 1.82) is 5.26 Å². The summed E-state index contributed by atoms with van der Waals surface area (Å²) in [5.74, 6) is 0.738. The van der Waals surface area contributed by atoms with Crippen LogP contribution in [0.2, 0.25) is 0 Å². The summed E-state index contributed by atoms with van der Waals surface area (Å²) in [4.78, 5) is 11.7. The monoisotopic (exact) mass is 341 g/mol. The standard InChI is InChI=1S/C19H23N3O3/c1-4-14(3)8-9-25-18-7-6-17(10-15(18)11-20)22-13-16(12-21-22)19(23)24-5-2/h6-7,10,12-14H,4-5,8-9H2,1-3H3/t14-/m0/s1. The topological polar surface area (TPSA) is 77.1 Å². The summed E-state index contributed by atoms with van der Waals surface area (Å²) in [6, 6.07) is 7.41. The second-order valence-electron chi connectivity index (χ2n) is 5.84. The number of hydrogen-bond donors (Lipinski definition) is 0. The van der Waals surface area contributed by atoms with Crippen molar-refractivity contribution in [3.8, 4) is 17.5 Å². The van der Waals surface area contributed by atoms with E-state index in [1.54, 1.807) is 31.3 Å². The Morgan fingerprint density at radius 3 is 2.88 bits per heavy atom. The summed E-state index contributed by atoms with van der Waals surface area (Å²) < 4.78 is 12.2. The van der Waals surface area contributed by atoms with Gasteiger partial charge in [-0.05, 0) is 37.5 Å². The molecule has 1 heterocycles. The molecule has 0 spiro atoms. The van der Waals surface area contributed by atoms with E-state index in [-0.39, 0.29) is 0 Å². The molecule has 25 heavy (non-hydrogen) atoms. The van der Waals surface area contributed by atoms with Crippen molar-refractivity contribution in [1.82, 2.24) is 9.78 Å². The molecule has 0 unspecified atom stereocenters. The molecule has 0 saturated heterocycles. The van der Waals surface area contributed by atoms with Gasteiger partial charge in [0.05, 0.1) is 36.2 Å². The maximum absolute atomic E-state index is 11.7. The summed E-state index contributed by atoms with van der Waals surface area (Å²) in [5.41, 5.74) is 1.49. The van der Waals surface area contributed by atoms with Crippen LogP contribution in [0.3, 0.4) is 0 Å². The van der Waals surface area contributed by atoms with Gasteiger partial charge < -0.3 is 9.47 Å². The van der Waals surface area contributed by atoms with E-state index in [0.717, 1.165) is 12.8 Å². The van der Waals surface area contributed by atoms with Gasteiger partial charge in [-0.1, -0.05) is 20.3 Å². The molecule has 0 aliphatic rings. The third-order valence-electron chi connectivity index (χ3n) is 4.01. The zero-order valence-electron chi connectivity index (χ0n) is 14.9. The molecule has 6 heteroatoms. The molecule has 1 atom stereocenters. The van der Waals surface area contributed by atoms with Crippen molar-refractivity contribution < 1.29 is 14.3 Å². The number of carbonyl (C=O) groups is 1. The highest BCUT2D eigenvalue weighted by atomic mass is 16.5. The minimum Gasteiger partial charge on any atom is -0.492 e. The molecule has 132 valence electrons. The number of benzene rings is 1. The van der Waals surface area contributed by atoms with Gasteiger partial charge in [-0.25, -0.2) is 9.48 Å². The van der Waals surface area contributed by atoms with Crippen LogP contribution in [0.15, 0.2) is 30.6 Å². The molecule has 6 nitrogen and oxygen atoms in total. The molecule has 0 amide bonds. The van der Waals surface area contributed by atoms with Gasteiger partial charge in [0.1, 0.15) is 11.8 Å². The smallest absolute Gasteiger partial charge is 0.341 e. The first-order valence-corrected chi connectivity index (χ1v) is 8.48. The molecule has 2 aromatic rings. The van der Waals surface area contributed by atoms with Crippen molar-refractivity contribution >= 4 is 5.97 Å². The molecular weight excluding hydrogens is 318 g/mol. The van der Waals surface area contributed by atoms with E-state index in [2.05, 4.69) is 25.0 Å². The van der Waals surface area contributed by atoms with Crippen molar-refractivity contribution in [2.75, 3.05) is 13.2 Å². The van der Waals surface area contributed by atoms with Crippen molar-refractivity contribution in [3.63, 3.8) is 0 Å². The highest BCUT2D eigenvalue weighted by Gasteiger charge is 2.12. The average molecular weight is 341 g/mol. The van der Waals surface area contributed by atoms with Gasteiger partial charge in [0.2, 0.25) is 0 Å². The highest BCUT2D eigenvalue weighted by molar-refractivity contribution is 5.88. The third kappa shape index (κ3) is 4.83. The number of rotatable bonds is 8. The molecule has 0 saturated carbocycles. The number of aromatic nitrogens is 2. The Balaban J connectivity index is 2.13. The first-order valence-electron chi connectivity index (χ1n) is 8.48. The minimum atomic E-state index is -0.417. The average Bonchev–Trinajstić information content (AvgIpc) is 3.12. The predicted molar refractivity (Wildman–Crippen MR) is 93.8 cm³/mol. The lowest BCUT2D eigenvalue weighted by Crippen LogP contribution is -2.05. The fourth-order valence-corrected chi connectivity index (χ4v) is 2.23. The van der Waals surface area contributed by atoms with Crippen molar-refractivity contribution in [2.45, 2.75) is 33.6 Å². The van der Waals surface area contributed by atoms with Gasteiger partial charge >= 0.3 is 5.97 Å². The lowest BCUT2D eigenvalue weighted by Gasteiger charge is -2.12.